The fraction of sp³-hybridized carbons (Fsp3) is 0.455. The molecule has 3 N–H and O–H groups in total. The Hall–Kier alpha value is -1.62. The number of aromatic nitrogens is 3. The summed E-state index contributed by atoms with van der Waals surface area (Å²) in [5, 5.41) is 17.4. The Bertz CT molecular complexity index is 498. The number of nitrogens with two attached hydrogens (primary N) is 1. The molecule has 2 rings (SSSR count). The fourth-order valence-electron chi connectivity index (χ4n) is 1.71. The molecule has 0 saturated heterocycles. The van der Waals surface area contributed by atoms with Crippen molar-refractivity contribution >= 4 is 11.0 Å². The smallest absolute Gasteiger partial charge is 0.115 e. The zero-order valence-corrected chi connectivity index (χ0v) is 9.51. The number of hydrogen-bond acceptors (Lipinski definition) is 4. The molecule has 0 spiro atoms. The summed E-state index contributed by atoms with van der Waals surface area (Å²) in [6, 6.07) is 5.79. The largest absolute Gasteiger partial charge is 0.390 e. The minimum atomic E-state index is -0.672. The van der Waals surface area contributed by atoms with Gasteiger partial charge in [0, 0.05) is 0 Å². The van der Waals surface area contributed by atoms with Gasteiger partial charge >= 0.3 is 0 Å². The van der Waals surface area contributed by atoms with Crippen LogP contribution >= 0.6 is 0 Å². The standard InChI is InChI=1S/C11H16N4O/c1-11(2,16)7-6-8-4-3-5-9-10(8)15(12)14-13-9/h3-5,16H,6-7,12H2,1-2H3. The highest BCUT2D eigenvalue weighted by Gasteiger charge is 2.14. The molecule has 0 fully saturated rings. The van der Waals surface area contributed by atoms with Gasteiger partial charge < -0.3 is 10.9 Å². The van der Waals surface area contributed by atoms with E-state index in [0.717, 1.165) is 23.0 Å². The number of hydrogen-bond donors (Lipinski definition) is 2. The van der Waals surface area contributed by atoms with Crippen LogP contribution in [0.4, 0.5) is 0 Å². The maximum absolute atomic E-state index is 9.70. The van der Waals surface area contributed by atoms with E-state index in [9.17, 15) is 5.11 Å². The van der Waals surface area contributed by atoms with Gasteiger partial charge in [-0.3, -0.25) is 0 Å². The number of nitrogen functional groups attached to an aromatic ring is 1. The lowest BCUT2D eigenvalue weighted by Gasteiger charge is -2.16. The summed E-state index contributed by atoms with van der Waals surface area (Å²) in [5.41, 5.74) is 2.02. The molecule has 16 heavy (non-hydrogen) atoms. The lowest BCUT2D eigenvalue weighted by Crippen LogP contribution is -2.19. The van der Waals surface area contributed by atoms with Crippen molar-refractivity contribution in [3.8, 4) is 0 Å². The van der Waals surface area contributed by atoms with Crippen molar-refractivity contribution < 1.29 is 5.11 Å². The Morgan fingerprint density at radius 2 is 2.19 bits per heavy atom. The molecule has 0 aliphatic rings. The van der Waals surface area contributed by atoms with Crippen LogP contribution in [0, 0.1) is 0 Å². The zero-order chi connectivity index (χ0) is 11.8. The van der Waals surface area contributed by atoms with Crippen molar-refractivity contribution in [2.24, 2.45) is 0 Å². The second-order valence-electron chi connectivity index (χ2n) is 4.63. The number of rotatable bonds is 3. The average molecular weight is 220 g/mol. The maximum Gasteiger partial charge on any atom is 0.115 e. The highest BCUT2D eigenvalue weighted by atomic mass is 16.3. The van der Waals surface area contributed by atoms with Gasteiger partial charge in [-0.15, -0.1) is 5.10 Å². The Labute approximate surface area is 93.8 Å². The summed E-state index contributed by atoms with van der Waals surface area (Å²) in [7, 11) is 0. The summed E-state index contributed by atoms with van der Waals surface area (Å²) in [4.78, 5) is 1.29. The number of aliphatic hydroxyl groups is 1. The van der Waals surface area contributed by atoms with Crippen molar-refractivity contribution in [2.75, 3.05) is 5.84 Å². The first-order valence-electron chi connectivity index (χ1n) is 5.28. The molecule has 0 bridgehead atoms. The molecule has 0 atom stereocenters. The number of fused-ring (bicyclic) bond motifs is 1. The number of para-hydroxylation sites is 1. The fourth-order valence-corrected chi connectivity index (χ4v) is 1.71. The molecule has 5 nitrogen and oxygen atoms in total. The Morgan fingerprint density at radius 3 is 2.88 bits per heavy atom. The van der Waals surface area contributed by atoms with Gasteiger partial charge in [0.05, 0.1) is 5.60 Å². The van der Waals surface area contributed by atoms with Crippen LogP contribution in [0.25, 0.3) is 11.0 Å². The van der Waals surface area contributed by atoms with Crippen LogP contribution in [0.3, 0.4) is 0 Å². The van der Waals surface area contributed by atoms with Gasteiger partial charge in [0.1, 0.15) is 11.0 Å². The van der Waals surface area contributed by atoms with Crippen molar-refractivity contribution in [3.63, 3.8) is 0 Å². The minimum Gasteiger partial charge on any atom is -0.390 e. The molecule has 1 heterocycles. The molecule has 1 aromatic carbocycles. The van der Waals surface area contributed by atoms with Gasteiger partial charge in [-0.2, -0.15) is 4.79 Å². The van der Waals surface area contributed by atoms with Crippen LogP contribution in [0.15, 0.2) is 18.2 Å². The van der Waals surface area contributed by atoms with Gasteiger partial charge in [0.2, 0.25) is 0 Å². The Balaban J connectivity index is 2.33. The normalized spacial score (nSPS) is 12.2. The van der Waals surface area contributed by atoms with Crippen molar-refractivity contribution in [3.05, 3.63) is 23.8 Å². The van der Waals surface area contributed by atoms with E-state index in [1.54, 1.807) is 13.8 Å². The van der Waals surface area contributed by atoms with Gasteiger partial charge in [-0.05, 0) is 43.5 Å². The summed E-state index contributed by atoms with van der Waals surface area (Å²) in [5.74, 6) is 5.70. The molecule has 0 aliphatic carbocycles. The molecule has 1 aromatic heterocycles. The molecule has 2 aromatic rings. The van der Waals surface area contributed by atoms with Crippen LogP contribution in [-0.2, 0) is 6.42 Å². The van der Waals surface area contributed by atoms with E-state index in [0.29, 0.717) is 6.42 Å². The van der Waals surface area contributed by atoms with Gasteiger partial charge in [-0.25, -0.2) is 0 Å². The van der Waals surface area contributed by atoms with E-state index < -0.39 is 5.60 Å². The SMILES string of the molecule is CC(C)(O)CCc1cccc2nnn(N)c12. The molecule has 0 amide bonds. The first-order valence-corrected chi connectivity index (χ1v) is 5.28. The summed E-state index contributed by atoms with van der Waals surface area (Å²) in [6.45, 7) is 3.59. The average Bonchev–Trinajstić information content (AvgIpc) is 2.57. The Kier molecular flexibility index (Phi) is 2.55. The van der Waals surface area contributed by atoms with E-state index in [1.807, 2.05) is 18.2 Å². The topological polar surface area (TPSA) is 77.0 Å². The molecular weight excluding hydrogens is 204 g/mol. The van der Waals surface area contributed by atoms with Crippen LogP contribution in [0.1, 0.15) is 25.8 Å². The summed E-state index contributed by atoms with van der Waals surface area (Å²) < 4.78 is 0. The second-order valence-corrected chi connectivity index (χ2v) is 4.63. The Morgan fingerprint density at radius 1 is 1.44 bits per heavy atom. The molecule has 0 saturated carbocycles. The van der Waals surface area contributed by atoms with Gasteiger partial charge in [-0.1, -0.05) is 12.1 Å². The van der Waals surface area contributed by atoms with E-state index in [2.05, 4.69) is 10.3 Å². The minimum absolute atomic E-state index is 0.672. The number of nitrogens with zero attached hydrogens (tertiary/aromatic N) is 3. The van der Waals surface area contributed by atoms with Crippen LogP contribution in [0.2, 0.25) is 0 Å². The molecule has 0 aliphatic heterocycles. The predicted octanol–water partition coefficient (Wildman–Crippen LogP) is 0.849. The van der Waals surface area contributed by atoms with E-state index in [1.165, 1.54) is 4.79 Å². The number of aryl methyl sites for hydroxylation is 1. The summed E-state index contributed by atoms with van der Waals surface area (Å²) in [6.07, 6.45) is 1.43. The van der Waals surface area contributed by atoms with Crippen molar-refractivity contribution in [1.29, 1.82) is 0 Å². The predicted molar refractivity (Wildman–Crippen MR) is 62.3 cm³/mol. The zero-order valence-electron chi connectivity index (χ0n) is 9.51. The van der Waals surface area contributed by atoms with Gasteiger partial charge in [0.15, 0.2) is 0 Å². The van der Waals surface area contributed by atoms with E-state index in [4.69, 9.17) is 5.84 Å². The maximum atomic E-state index is 9.70. The van der Waals surface area contributed by atoms with Crippen LogP contribution in [0.5, 0.6) is 0 Å². The monoisotopic (exact) mass is 220 g/mol. The molecule has 5 heteroatoms. The van der Waals surface area contributed by atoms with E-state index >= 15 is 0 Å². The highest BCUT2D eigenvalue weighted by Crippen LogP contribution is 2.19. The molecule has 86 valence electrons. The molecule has 0 radical (unpaired) electrons. The first kappa shape index (κ1) is 10.9. The highest BCUT2D eigenvalue weighted by molar-refractivity contribution is 5.78. The second kappa shape index (κ2) is 3.75. The third-order valence-electron chi connectivity index (χ3n) is 2.58. The molecule has 0 unspecified atom stereocenters. The van der Waals surface area contributed by atoms with Crippen molar-refractivity contribution in [2.45, 2.75) is 32.3 Å². The third-order valence-corrected chi connectivity index (χ3v) is 2.58. The quantitative estimate of drug-likeness (QED) is 0.752. The lowest BCUT2D eigenvalue weighted by molar-refractivity contribution is 0.0715. The third kappa shape index (κ3) is 2.14. The van der Waals surface area contributed by atoms with E-state index in [-0.39, 0.29) is 0 Å². The molecular formula is C11H16N4O. The summed E-state index contributed by atoms with van der Waals surface area (Å²) >= 11 is 0. The van der Waals surface area contributed by atoms with Crippen molar-refractivity contribution in [1.82, 2.24) is 15.1 Å². The van der Waals surface area contributed by atoms with Crippen LogP contribution < -0.4 is 5.84 Å². The van der Waals surface area contributed by atoms with Crippen LogP contribution in [-0.4, -0.2) is 25.8 Å². The lowest BCUT2D eigenvalue weighted by atomic mass is 9.98. The number of benzene rings is 1. The van der Waals surface area contributed by atoms with Gasteiger partial charge in [0.25, 0.3) is 0 Å². The first-order chi connectivity index (χ1) is 7.47.